The number of carbonyl (C=O) groups excluding carboxylic acids is 1. The summed E-state index contributed by atoms with van der Waals surface area (Å²) in [5, 5.41) is 10.1. The number of hydrogen-bond acceptors (Lipinski definition) is 6. The van der Waals surface area contributed by atoms with Crippen molar-refractivity contribution in [3.63, 3.8) is 0 Å². The molecule has 1 aliphatic rings. The number of carbonyl (C=O) groups is 1. The number of halogens is 4. The fraction of sp³-hybridized carbons (Fsp3) is 0.259. The number of rotatable bonds is 7. The van der Waals surface area contributed by atoms with E-state index in [0.717, 1.165) is 28.6 Å². The van der Waals surface area contributed by atoms with Gasteiger partial charge in [0.1, 0.15) is 17.1 Å². The summed E-state index contributed by atoms with van der Waals surface area (Å²) >= 11 is 0. The molecule has 5 rings (SSSR count). The normalized spacial score (nSPS) is 16.7. The molecule has 0 radical (unpaired) electrons. The molecule has 1 unspecified atom stereocenters. The van der Waals surface area contributed by atoms with Gasteiger partial charge in [-0.3, -0.25) is 9.78 Å². The number of aromatic hydroxyl groups is 1. The van der Waals surface area contributed by atoms with Gasteiger partial charge in [-0.15, -0.1) is 0 Å². The lowest BCUT2D eigenvalue weighted by atomic mass is 10.0. The van der Waals surface area contributed by atoms with Crippen molar-refractivity contribution >= 4 is 26.8 Å². The topological polar surface area (TPSA) is 101 Å². The first kappa shape index (κ1) is 26.8. The van der Waals surface area contributed by atoms with Crippen LogP contribution in [0.2, 0.25) is 0 Å². The van der Waals surface area contributed by atoms with Crippen molar-refractivity contribution in [2.75, 3.05) is 6.54 Å². The quantitative estimate of drug-likeness (QED) is 0.290. The first-order valence-corrected chi connectivity index (χ1v) is 13.5. The van der Waals surface area contributed by atoms with Gasteiger partial charge in [-0.1, -0.05) is 0 Å². The standard InChI is InChI=1S/C27H22F4N2O5S/c28-19-5-8-25-17(13-19)14-26(38-25)39(36,37)33-11-1-2-22(33)23(34)7-3-16-9-10-32-21(12-16)20-6-4-18(15-24(20)35)27(29,30)31/h4-6,8-10,12-15,22,35H,1-3,7,11H2. The average molecular weight is 563 g/mol. The van der Waals surface area contributed by atoms with E-state index in [0.29, 0.717) is 29.9 Å². The number of alkyl halides is 3. The van der Waals surface area contributed by atoms with Crippen molar-refractivity contribution in [2.45, 2.75) is 43.0 Å². The molecule has 1 atom stereocenters. The van der Waals surface area contributed by atoms with Gasteiger partial charge in [-0.25, -0.2) is 12.8 Å². The Balaban J connectivity index is 1.30. The number of benzene rings is 2. The molecule has 0 saturated carbocycles. The molecule has 0 spiro atoms. The number of ketones is 1. The van der Waals surface area contributed by atoms with Crippen molar-refractivity contribution in [1.29, 1.82) is 0 Å². The Labute approximate surface area is 220 Å². The van der Waals surface area contributed by atoms with Gasteiger partial charge >= 0.3 is 6.18 Å². The molecule has 0 amide bonds. The van der Waals surface area contributed by atoms with Crippen molar-refractivity contribution in [3.8, 4) is 17.0 Å². The van der Waals surface area contributed by atoms with Gasteiger partial charge in [-0.2, -0.15) is 17.5 Å². The molecule has 12 heteroatoms. The number of aryl methyl sites for hydroxylation is 1. The van der Waals surface area contributed by atoms with Crippen LogP contribution in [-0.4, -0.2) is 41.2 Å². The zero-order valence-electron chi connectivity index (χ0n) is 20.3. The van der Waals surface area contributed by atoms with Gasteiger partial charge in [0.15, 0.2) is 5.78 Å². The second-order valence-corrected chi connectivity index (χ2v) is 11.1. The number of aromatic nitrogens is 1. The highest BCUT2D eigenvalue weighted by atomic mass is 32.2. The van der Waals surface area contributed by atoms with Crippen LogP contribution in [0.1, 0.15) is 30.4 Å². The number of phenolic OH excluding ortho intramolecular Hbond substituents is 1. The summed E-state index contributed by atoms with van der Waals surface area (Å²) in [6.07, 6.45) is -2.13. The van der Waals surface area contributed by atoms with Crippen LogP contribution in [0.25, 0.3) is 22.2 Å². The number of pyridine rings is 1. The van der Waals surface area contributed by atoms with Crippen molar-refractivity contribution in [3.05, 3.63) is 77.7 Å². The second kappa shape index (κ2) is 10.1. The van der Waals surface area contributed by atoms with E-state index in [1.54, 1.807) is 12.1 Å². The minimum absolute atomic E-state index is 0.00444. The summed E-state index contributed by atoms with van der Waals surface area (Å²) in [5.74, 6) is -1.41. The summed E-state index contributed by atoms with van der Waals surface area (Å²) in [7, 11) is -4.15. The molecule has 0 aliphatic carbocycles. The molecule has 2 aromatic carbocycles. The largest absolute Gasteiger partial charge is 0.507 e. The maximum atomic E-state index is 13.5. The van der Waals surface area contributed by atoms with E-state index in [2.05, 4.69) is 4.98 Å². The van der Waals surface area contributed by atoms with Gasteiger partial charge in [0, 0.05) is 36.2 Å². The Hall–Kier alpha value is -3.77. The van der Waals surface area contributed by atoms with Crippen LogP contribution in [0.15, 0.2) is 70.3 Å². The summed E-state index contributed by atoms with van der Waals surface area (Å²) in [5.41, 5.74) is 0.202. The monoisotopic (exact) mass is 562 g/mol. The van der Waals surface area contributed by atoms with E-state index in [9.17, 15) is 35.9 Å². The van der Waals surface area contributed by atoms with Crippen LogP contribution >= 0.6 is 0 Å². The predicted molar refractivity (Wildman–Crippen MR) is 133 cm³/mol. The molecular formula is C27H22F4N2O5S. The highest BCUT2D eigenvalue weighted by Gasteiger charge is 2.40. The molecule has 4 aromatic rings. The van der Waals surface area contributed by atoms with Crippen LogP contribution in [-0.2, 0) is 27.4 Å². The van der Waals surface area contributed by atoms with E-state index in [4.69, 9.17) is 4.42 Å². The van der Waals surface area contributed by atoms with E-state index >= 15 is 0 Å². The van der Waals surface area contributed by atoms with Crippen LogP contribution in [0.3, 0.4) is 0 Å². The maximum absolute atomic E-state index is 13.5. The Bertz CT molecular complexity index is 1670. The number of Topliss-reactive ketones (excluding diaryl/α,β-unsaturated/α-hetero) is 1. The lowest BCUT2D eigenvalue weighted by Gasteiger charge is -2.21. The number of nitrogens with zero attached hydrogens (tertiary/aromatic N) is 2. The van der Waals surface area contributed by atoms with Crippen LogP contribution in [0.4, 0.5) is 17.6 Å². The van der Waals surface area contributed by atoms with E-state index in [1.165, 1.54) is 18.3 Å². The van der Waals surface area contributed by atoms with Gasteiger partial charge in [0.25, 0.3) is 10.0 Å². The Morgan fingerprint density at radius 3 is 2.64 bits per heavy atom. The molecule has 39 heavy (non-hydrogen) atoms. The molecular weight excluding hydrogens is 540 g/mol. The summed E-state index contributed by atoms with van der Waals surface area (Å²) in [4.78, 5) is 17.2. The van der Waals surface area contributed by atoms with Crippen molar-refractivity contribution < 1.29 is 40.3 Å². The molecule has 2 aromatic heterocycles. The fourth-order valence-electron chi connectivity index (χ4n) is 4.72. The third-order valence-corrected chi connectivity index (χ3v) is 8.44. The molecule has 0 bridgehead atoms. The first-order chi connectivity index (χ1) is 18.4. The summed E-state index contributed by atoms with van der Waals surface area (Å²) < 4.78 is 85.4. The number of furan rings is 1. The first-order valence-electron chi connectivity index (χ1n) is 12.0. The lowest BCUT2D eigenvalue weighted by molar-refractivity contribution is -0.137. The van der Waals surface area contributed by atoms with Crippen LogP contribution < -0.4 is 0 Å². The minimum Gasteiger partial charge on any atom is -0.507 e. The molecule has 1 aliphatic heterocycles. The number of hydrogen-bond donors (Lipinski definition) is 1. The summed E-state index contributed by atoms with van der Waals surface area (Å²) in [6.45, 7) is 0.136. The summed E-state index contributed by atoms with van der Waals surface area (Å²) in [6, 6.07) is 9.81. The van der Waals surface area contributed by atoms with Gasteiger partial charge < -0.3 is 9.52 Å². The van der Waals surface area contributed by atoms with Gasteiger partial charge in [0.2, 0.25) is 5.09 Å². The third-order valence-electron chi connectivity index (χ3n) is 6.68. The third kappa shape index (κ3) is 5.39. The molecule has 1 N–H and O–H groups in total. The van der Waals surface area contributed by atoms with Gasteiger partial charge in [0.05, 0.1) is 17.3 Å². The Morgan fingerprint density at radius 2 is 1.90 bits per heavy atom. The van der Waals surface area contributed by atoms with Gasteiger partial charge in [-0.05, 0) is 73.4 Å². The smallest absolute Gasteiger partial charge is 0.416 e. The Kier molecular flexibility index (Phi) is 6.93. The number of fused-ring (bicyclic) bond motifs is 1. The van der Waals surface area contributed by atoms with Crippen molar-refractivity contribution in [2.24, 2.45) is 0 Å². The number of phenols is 1. The molecule has 1 fully saturated rings. The number of sulfonamides is 1. The minimum atomic E-state index is -4.60. The fourth-order valence-corrected chi connectivity index (χ4v) is 6.35. The molecule has 7 nitrogen and oxygen atoms in total. The molecule has 204 valence electrons. The van der Waals surface area contributed by atoms with Crippen LogP contribution in [0.5, 0.6) is 5.75 Å². The SMILES string of the molecule is O=C(CCc1ccnc(-c2ccc(C(F)(F)F)cc2O)c1)C1CCCN1S(=O)(=O)c1cc2cc(F)ccc2o1. The zero-order valence-corrected chi connectivity index (χ0v) is 21.1. The van der Waals surface area contributed by atoms with Crippen molar-refractivity contribution in [1.82, 2.24) is 9.29 Å². The van der Waals surface area contributed by atoms with E-state index < -0.39 is 39.4 Å². The highest BCUT2D eigenvalue weighted by molar-refractivity contribution is 7.89. The van der Waals surface area contributed by atoms with E-state index in [1.807, 2.05) is 0 Å². The second-order valence-electron chi connectivity index (χ2n) is 9.27. The lowest BCUT2D eigenvalue weighted by Crippen LogP contribution is -2.40. The molecule has 3 heterocycles. The predicted octanol–water partition coefficient (Wildman–Crippen LogP) is 5.71. The Morgan fingerprint density at radius 1 is 1.10 bits per heavy atom. The maximum Gasteiger partial charge on any atom is 0.416 e. The zero-order chi connectivity index (χ0) is 27.9. The van der Waals surface area contributed by atoms with E-state index in [-0.39, 0.29) is 47.1 Å². The highest BCUT2D eigenvalue weighted by Crippen LogP contribution is 2.36. The van der Waals surface area contributed by atoms with Crippen LogP contribution in [0, 0.1) is 5.82 Å². The average Bonchev–Trinajstić information content (AvgIpc) is 3.55. The molecule has 1 saturated heterocycles.